The number of thiazole rings is 1. The van der Waals surface area contributed by atoms with E-state index in [-0.39, 0.29) is 12.1 Å². The third kappa shape index (κ3) is 3.43. The van der Waals surface area contributed by atoms with Gasteiger partial charge in [0.25, 0.3) is 0 Å². The first kappa shape index (κ1) is 15.6. The summed E-state index contributed by atoms with van der Waals surface area (Å²) in [7, 11) is 0. The van der Waals surface area contributed by atoms with Gasteiger partial charge in [-0.05, 0) is 30.5 Å². The van der Waals surface area contributed by atoms with Crippen LogP contribution in [0.4, 0.5) is 0 Å². The Bertz CT molecular complexity index is 749. The van der Waals surface area contributed by atoms with Crippen LogP contribution in [0.3, 0.4) is 0 Å². The van der Waals surface area contributed by atoms with Crippen molar-refractivity contribution in [2.24, 2.45) is 0 Å². The summed E-state index contributed by atoms with van der Waals surface area (Å²) in [4.78, 5) is 5.66. The van der Waals surface area contributed by atoms with Crippen molar-refractivity contribution in [1.29, 1.82) is 0 Å². The summed E-state index contributed by atoms with van der Waals surface area (Å²) in [5.74, 6) is 0.824. The van der Waals surface area contributed by atoms with Crippen molar-refractivity contribution in [3.8, 4) is 10.8 Å². The summed E-state index contributed by atoms with van der Waals surface area (Å²) >= 11 is 1.66. The number of nitrogens with one attached hydrogen (secondary N) is 1. The fourth-order valence-electron chi connectivity index (χ4n) is 3.10. The van der Waals surface area contributed by atoms with E-state index in [1.807, 2.05) is 18.3 Å². The molecule has 0 unspecified atom stereocenters. The molecule has 1 fully saturated rings. The van der Waals surface area contributed by atoms with Crippen LogP contribution in [0.15, 0.2) is 59.3 Å². The Labute approximate surface area is 145 Å². The first-order chi connectivity index (χ1) is 11.9. The lowest BCUT2D eigenvalue weighted by molar-refractivity contribution is 0.0777. The average molecular weight is 340 g/mol. The van der Waals surface area contributed by atoms with Gasteiger partial charge in [0.1, 0.15) is 0 Å². The van der Waals surface area contributed by atoms with Gasteiger partial charge in [-0.25, -0.2) is 4.98 Å². The van der Waals surface area contributed by atoms with Crippen LogP contribution in [0.2, 0.25) is 0 Å². The van der Waals surface area contributed by atoms with Crippen molar-refractivity contribution in [3.05, 3.63) is 65.4 Å². The SMILES string of the molecule is c1ccc([C@@H](NCc2cnc(-c3ccco3)s2)[C@H]2CCCO2)cc1. The second-order valence-corrected chi connectivity index (χ2v) is 7.04. The molecule has 5 heteroatoms. The predicted octanol–water partition coefficient (Wildman–Crippen LogP) is 4.41. The van der Waals surface area contributed by atoms with E-state index in [4.69, 9.17) is 9.15 Å². The smallest absolute Gasteiger partial charge is 0.162 e. The van der Waals surface area contributed by atoms with Crippen LogP contribution < -0.4 is 5.32 Å². The lowest BCUT2D eigenvalue weighted by atomic mass is 9.99. The number of hydrogen-bond donors (Lipinski definition) is 1. The zero-order valence-electron chi connectivity index (χ0n) is 13.4. The third-order valence-electron chi connectivity index (χ3n) is 4.28. The number of furan rings is 1. The Morgan fingerprint density at radius 1 is 1.21 bits per heavy atom. The minimum absolute atomic E-state index is 0.211. The van der Waals surface area contributed by atoms with Gasteiger partial charge in [0.05, 0.1) is 18.4 Å². The highest BCUT2D eigenvalue weighted by Gasteiger charge is 2.27. The Kier molecular flexibility index (Phi) is 4.74. The average Bonchev–Trinajstić information content (AvgIpc) is 3.38. The summed E-state index contributed by atoms with van der Waals surface area (Å²) in [6.45, 7) is 1.64. The van der Waals surface area contributed by atoms with Gasteiger partial charge < -0.3 is 14.5 Å². The monoisotopic (exact) mass is 340 g/mol. The highest BCUT2D eigenvalue weighted by molar-refractivity contribution is 7.14. The number of aromatic nitrogens is 1. The van der Waals surface area contributed by atoms with Crippen LogP contribution in [0, 0.1) is 0 Å². The largest absolute Gasteiger partial charge is 0.462 e. The summed E-state index contributed by atoms with van der Waals surface area (Å²) in [5, 5.41) is 4.59. The molecule has 0 amide bonds. The Balaban J connectivity index is 1.47. The molecule has 3 aromatic rings. The van der Waals surface area contributed by atoms with E-state index in [9.17, 15) is 0 Å². The molecule has 1 aliphatic heterocycles. The van der Waals surface area contributed by atoms with E-state index >= 15 is 0 Å². The second kappa shape index (κ2) is 7.30. The molecule has 4 rings (SSSR count). The van der Waals surface area contributed by atoms with Crippen LogP contribution >= 0.6 is 11.3 Å². The molecule has 0 aliphatic carbocycles. The van der Waals surface area contributed by atoms with E-state index in [0.29, 0.717) is 0 Å². The van der Waals surface area contributed by atoms with E-state index in [2.05, 4.69) is 40.6 Å². The van der Waals surface area contributed by atoms with Crippen LogP contribution in [-0.2, 0) is 11.3 Å². The molecule has 0 saturated carbocycles. The minimum Gasteiger partial charge on any atom is -0.462 e. The maximum absolute atomic E-state index is 5.93. The van der Waals surface area contributed by atoms with E-state index in [1.165, 1.54) is 10.4 Å². The lowest BCUT2D eigenvalue weighted by Crippen LogP contribution is -2.31. The predicted molar refractivity (Wildman–Crippen MR) is 94.8 cm³/mol. The fourth-order valence-corrected chi connectivity index (χ4v) is 3.94. The molecule has 0 bridgehead atoms. The van der Waals surface area contributed by atoms with Crippen molar-refractivity contribution in [1.82, 2.24) is 10.3 Å². The van der Waals surface area contributed by atoms with E-state index in [0.717, 1.165) is 36.8 Å². The quantitative estimate of drug-likeness (QED) is 0.722. The first-order valence-corrected chi connectivity index (χ1v) is 9.10. The molecular formula is C19H20N2O2S. The minimum atomic E-state index is 0.211. The zero-order valence-corrected chi connectivity index (χ0v) is 14.2. The van der Waals surface area contributed by atoms with Gasteiger partial charge in [-0.1, -0.05) is 30.3 Å². The summed E-state index contributed by atoms with van der Waals surface area (Å²) in [6.07, 6.45) is 6.08. The van der Waals surface area contributed by atoms with Crippen LogP contribution in [0.5, 0.6) is 0 Å². The zero-order chi connectivity index (χ0) is 16.2. The Morgan fingerprint density at radius 3 is 2.88 bits per heavy atom. The summed E-state index contributed by atoms with van der Waals surface area (Å²) in [5.41, 5.74) is 1.28. The molecule has 2 atom stereocenters. The van der Waals surface area contributed by atoms with Crippen LogP contribution in [0.1, 0.15) is 29.3 Å². The molecule has 124 valence electrons. The maximum Gasteiger partial charge on any atom is 0.162 e. The summed E-state index contributed by atoms with van der Waals surface area (Å²) in [6, 6.07) is 14.6. The number of nitrogens with zero attached hydrogens (tertiary/aromatic N) is 1. The molecule has 24 heavy (non-hydrogen) atoms. The van der Waals surface area contributed by atoms with Gasteiger partial charge in [-0.15, -0.1) is 11.3 Å². The number of rotatable bonds is 6. The molecule has 2 aromatic heterocycles. The molecule has 0 spiro atoms. The molecule has 1 aromatic carbocycles. The van der Waals surface area contributed by atoms with Crippen molar-refractivity contribution >= 4 is 11.3 Å². The number of hydrogen-bond acceptors (Lipinski definition) is 5. The lowest BCUT2D eigenvalue weighted by Gasteiger charge is -2.24. The second-order valence-electron chi connectivity index (χ2n) is 5.93. The molecular weight excluding hydrogens is 320 g/mol. The van der Waals surface area contributed by atoms with Gasteiger partial charge in [0.2, 0.25) is 0 Å². The van der Waals surface area contributed by atoms with Gasteiger partial charge in [0.15, 0.2) is 10.8 Å². The number of ether oxygens (including phenoxy) is 1. The molecule has 1 aliphatic rings. The van der Waals surface area contributed by atoms with Crippen molar-refractivity contribution < 1.29 is 9.15 Å². The molecule has 4 nitrogen and oxygen atoms in total. The topological polar surface area (TPSA) is 47.3 Å². The molecule has 1 N–H and O–H groups in total. The molecule has 0 radical (unpaired) electrons. The molecule has 3 heterocycles. The summed E-state index contributed by atoms with van der Waals surface area (Å²) < 4.78 is 11.3. The van der Waals surface area contributed by atoms with Gasteiger partial charge in [-0.2, -0.15) is 0 Å². The Hall–Kier alpha value is -1.95. The highest BCUT2D eigenvalue weighted by Crippen LogP contribution is 2.29. The normalized spacial score (nSPS) is 18.8. The van der Waals surface area contributed by atoms with Gasteiger partial charge >= 0.3 is 0 Å². The van der Waals surface area contributed by atoms with Crippen LogP contribution in [-0.4, -0.2) is 17.7 Å². The standard InChI is InChI=1S/C19H20N2O2S/c1-2-6-14(7-3-1)18(16-8-4-10-22-16)20-12-15-13-21-19(24-15)17-9-5-11-23-17/h1-3,5-7,9,11,13,16,18,20H,4,8,10,12H2/t16-,18-/m1/s1. The fraction of sp³-hybridized carbons (Fsp3) is 0.316. The van der Waals surface area contributed by atoms with E-state index < -0.39 is 0 Å². The van der Waals surface area contributed by atoms with Crippen molar-refractivity contribution in [2.75, 3.05) is 6.61 Å². The maximum atomic E-state index is 5.93. The van der Waals surface area contributed by atoms with Gasteiger partial charge in [0, 0.05) is 24.2 Å². The van der Waals surface area contributed by atoms with Crippen molar-refractivity contribution in [2.45, 2.75) is 31.5 Å². The van der Waals surface area contributed by atoms with Crippen LogP contribution in [0.25, 0.3) is 10.8 Å². The van der Waals surface area contributed by atoms with Gasteiger partial charge in [-0.3, -0.25) is 0 Å². The molecule has 1 saturated heterocycles. The highest BCUT2D eigenvalue weighted by atomic mass is 32.1. The first-order valence-electron chi connectivity index (χ1n) is 8.28. The third-order valence-corrected chi connectivity index (χ3v) is 5.29. The Morgan fingerprint density at radius 2 is 2.12 bits per heavy atom. The van der Waals surface area contributed by atoms with Crippen molar-refractivity contribution in [3.63, 3.8) is 0 Å². The number of benzene rings is 1. The van der Waals surface area contributed by atoms with E-state index in [1.54, 1.807) is 17.6 Å².